The molecule has 5 aromatic rings. The maximum atomic E-state index is 14.1. The van der Waals surface area contributed by atoms with Gasteiger partial charge in [-0.3, -0.25) is 15.1 Å². The van der Waals surface area contributed by atoms with E-state index in [4.69, 9.17) is 16.3 Å². The summed E-state index contributed by atoms with van der Waals surface area (Å²) in [5.41, 5.74) is 0.994. The summed E-state index contributed by atoms with van der Waals surface area (Å²) in [6.07, 6.45) is 6.62. The number of aromatic amines is 1. The Morgan fingerprint density at radius 1 is 1.17 bits per heavy atom. The van der Waals surface area contributed by atoms with Crippen LogP contribution in [0.4, 0.5) is 16.2 Å². The number of anilines is 2. The van der Waals surface area contributed by atoms with Crippen molar-refractivity contribution in [3.8, 4) is 6.07 Å². The molecule has 234 valence electrons. The van der Waals surface area contributed by atoms with E-state index in [1.54, 1.807) is 37.6 Å². The average Bonchev–Trinajstić information content (AvgIpc) is 3.51. The van der Waals surface area contributed by atoms with Gasteiger partial charge in [-0.1, -0.05) is 44.5 Å². The molecule has 8 rings (SSSR count). The van der Waals surface area contributed by atoms with Gasteiger partial charge in [0, 0.05) is 53.4 Å². The van der Waals surface area contributed by atoms with E-state index in [-0.39, 0.29) is 11.0 Å². The van der Waals surface area contributed by atoms with Crippen LogP contribution in [0.1, 0.15) is 56.9 Å². The van der Waals surface area contributed by atoms with Crippen LogP contribution in [-0.2, 0) is 17.4 Å². The third kappa shape index (κ3) is 4.58. The van der Waals surface area contributed by atoms with Crippen LogP contribution in [0.25, 0.3) is 21.7 Å². The van der Waals surface area contributed by atoms with Crippen LogP contribution in [0, 0.1) is 28.1 Å². The zero-order valence-electron chi connectivity index (χ0n) is 25.9. The number of aryl methyl sites for hydroxylation is 1. The van der Waals surface area contributed by atoms with Crippen molar-refractivity contribution in [3.05, 3.63) is 87.2 Å². The van der Waals surface area contributed by atoms with Gasteiger partial charge in [-0.15, -0.1) is 0 Å². The number of amides is 1. The van der Waals surface area contributed by atoms with Gasteiger partial charge >= 0.3 is 6.09 Å². The summed E-state index contributed by atoms with van der Waals surface area (Å²) in [5.74, 6) is 0.543. The van der Waals surface area contributed by atoms with E-state index < -0.39 is 17.1 Å². The molecule has 3 saturated carbocycles. The molecule has 0 spiro atoms. The van der Waals surface area contributed by atoms with Gasteiger partial charge in [-0.05, 0) is 60.2 Å². The van der Waals surface area contributed by atoms with E-state index >= 15 is 0 Å². The van der Waals surface area contributed by atoms with Crippen molar-refractivity contribution >= 4 is 50.7 Å². The van der Waals surface area contributed by atoms with E-state index in [9.17, 15) is 14.9 Å². The number of aromatic nitrogens is 5. The number of H-pyrrole nitrogens is 1. The number of nitrogens with zero attached hydrogens (tertiary/aromatic N) is 5. The molecule has 3 aliphatic rings. The lowest BCUT2D eigenvalue weighted by Gasteiger charge is -2.68. The highest BCUT2D eigenvalue weighted by atomic mass is 35.5. The number of carbonyl (C=O) groups is 1. The number of nitrogens with one attached hydrogen (secondary N) is 3. The van der Waals surface area contributed by atoms with Gasteiger partial charge in [0.05, 0.1) is 28.0 Å². The number of ether oxygens (including phenoxy) is 1. The molecule has 3 N–H and O–H groups in total. The number of rotatable bonds is 7. The minimum Gasteiger partial charge on any atom is -0.430 e. The Balaban J connectivity index is 1.33. The lowest BCUT2D eigenvalue weighted by molar-refractivity contribution is -0.227. The van der Waals surface area contributed by atoms with Crippen molar-refractivity contribution in [1.29, 1.82) is 5.26 Å². The lowest BCUT2D eigenvalue weighted by Crippen LogP contribution is -2.66. The van der Waals surface area contributed by atoms with Crippen molar-refractivity contribution in [2.24, 2.45) is 23.8 Å². The Hall–Kier alpha value is -4.95. The molecule has 3 aromatic heterocycles. The standard InChI is InChI=1S/C34H33ClN8O3/c1-32(2,3)18-38-28-20(15-36)16-37-29-24(28)10-21(11-26(29)35)40-31(45)46-34(27-17-39-42-41-27,33-12-19(13-33)14-33)25-7-5-6-23-22(25)8-9-43(4)30(23)44/h5-11,16-17,19H,12-14,18H2,1-4H3,(H,37,38)(H,40,45)(H,39,41,42). The number of hydrogen-bond acceptors (Lipinski definition) is 8. The fraction of sp³-hybridized carbons (Fsp3) is 0.353. The number of carbonyl (C=O) groups excluding carboxylic acids is 1. The van der Waals surface area contributed by atoms with Crippen molar-refractivity contribution in [2.45, 2.75) is 45.6 Å². The maximum absolute atomic E-state index is 14.1. The summed E-state index contributed by atoms with van der Waals surface area (Å²) < 4.78 is 8.13. The van der Waals surface area contributed by atoms with Crippen LogP contribution in [0.5, 0.6) is 0 Å². The number of benzene rings is 2. The third-order valence-electron chi connectivity index (χ3n) is 9.39. The molecule has 12 heteroatoms. The first-order valence-corrected chi connectivity index (χ1v) is 15.5. The van der Waals surface area contributed by atoms with Crippen LogP contribution >= 0.6 is 11.6 Å². The van der Waals surface area contributed by atoms with Gasteiger partial charge < -0.3 is 14.6 Å². The number of halogens is 1. The predicted octanol–water partition coefficient (Wildman–Crippen LogP) is 6.48. The molecular formula is C34H33ClN8O3. The van der Waals surface area contributed by atoms with Crippen molar-refractivity contribution in [1.82, 2.24) is 25.0 Å². The molecule has 3 fully saturated rings. The minimum atomic E-state index is -1.33. The second kappa shape index (κ2) is 10.6. The summed E-state index contributed by atoms with van der Waals surface area (Å²) in [6.45, 7) is 6.86. The SMILES string of the molecule is Cn1ccc2c(C(OC(=O)Nc3cc(Cl)c4ncc(C#N)c(NCC(C)(C)C)c4c3)(c3cn[nH]n3)C34CC(C3)C4)cccc2c1=O. The van der Waals surface area contributed by atoms with E-state index in [1.165, 1.54) is 10.8 Å². The van der Waals surface area contributed by atoms with Crippen LogP contribution < -0.4 is 16.2 Å². The van der Waals surface area contributed by atoms with Gasteiger partial charge in [-0.2, -0.15) is 20.7 Å². The van der Waals surface area contributed by atoms with Gasteiger partial charge in [0.25, 0.3) is 5.56 Å². The Bertz CT molecular complexity index is 2110. The molecule has 2 bridgehead atoms. The van der Waals surface area contributed by atoms with Crippen LogP contribution in [0.2, 0.25) is 5.02 Å². The molecule has 1 unspecified atom stereocenters. The first-order chi connectivity index (χ1) is 21.9. The number of fused-ring (bicyclic) bond motifs is 2. The molecular weight excluding hydrogens is 604 g/mol. The molecule has 1 amide bonds. The topological polar surface area (TPSA) is 151 Å². The molecule has 3 heterocycles. The molecule has 0 aliphatic heterocycles. The fourth-order valence-electron chi connectivity index (χ4n) is 7.12. The minimum absolute atomic E-state index is 0.0659. The molecule has 46 heavy (non-hydrogen) atoms. The van der Waals surface area contributed by atoms with Crippen LogP contribution in [0.15, 0.2) is 59.8 Å². The summed E-state index contributed by atoms with van der Waals surface area (Å²) in [4.78, 5) is 31.7. The first kappa shape index (κ1) is 29.7. The average molecular weight is 637 g/mol. The third-order valence-corrected chi connectivity index (χ3v) is 9.68. The molecule has 3 aliphatic carbocycles. The summed E-state index contributed by atoms with van der Waals surface area (Å²) >= 11 is 6.70. The van der Waals surface area contributed by atoms with E-state index in [1.807, 2.05) is 18.2 Å². The summed E-state index contributed by atoms with van der Waals surface area (Å²) in [7, 11) is 1.71. The largest absolute Gasteiger partial charge is 0.430 e. The molecule has 0 saturated heterocycles. The molecule has 11 nitrogen and oxygen atoms in total. The van der Waals surface area contributed by atoms with Gasteiger partial charge in [0.1, 0.15) is 11.8 Å². The number of nitriles is 1. The van der Waals surface area contributed by atoms with Crippen LogP contribution in [-0.4, -0.2) is 37.6 Å². The highest BCUT2D eigenvalue weighted by Crippen LogP contribution is 2.74. The van der Waals surface area contributed by atoms with E-state index in [0.717, 1.165) is 19.3 Å². The molecule has 2 aromatic carbocycles. The van der Waals surface area contributed by atoms with Crippen molar-refractivity contribution in [3.63, 3.8) is 0 Å². The van der Waals surface area contributed by atoms with Gasteiger partial charge in [-0.25, -0.2) is 4.79 Å². The van der Waals surface area contributed by atoms with Gasteiger partial charge in [0.2, 0.25) is 0 Å². The second-order valence-electron chi connectivity index (χ2n) is 13.7. The first-order valence-electron chi connectivity index (χ1n) is 15.2. The predicted molar refractivity (Wildman–Crippen MR) is 176 cm³/mol. The number of hydrogen-bond donors (Lipinski definition) is 3. The summed E-state index contributed by atoms with van der Waals surface area (Å²) in [6, 6.07) is 12.9. The monoisotopic (exact) mass is 636 g/mol. The lowest BCUT2D eigenvalue weighted by atomic mass is 9.37. The quantitative estimate of drug-likeness (QED) is 0.184. The zero-order valence-corrected chi connectivity index (χ0v) is 26.7. The fourth-order valence-corrected chi connectivity index (χ4v) is 7.39. The van der Waals surface area contributed by atoms with Gasteiger partial charge in [0.15, 0.2) is 5.60 Å². The summed E-state index contributed by atoms with van der Waals surface area (Å²) in [5, 5.41) is 29.5. The molecule has 0 radical (unpaired) electrons. The highest BCUT2D eigenvalue weighted by molar-refractivity contribution is 6.36. The van der Waals surface area contributed by atoms with Crippen LogP contribution in [0.3, 0.4) is 0 Å². The Morgan fingerprint density at radius 3 is 2.61 bits per heavy atom. The van der Waals surface area contributed by atoms with Crippen molar-refractivity contribution in [2.75, 3.05) is 17.2 Å². The Morgan fingerprint density at radius 2 is 1.96 bits per heavy atom. The smallest absolute Gasteiger partial charge is 0.412 e. The molecule has 1 atom stereocenters. The Labute approximate surface area is 269 Å². The van der Waals surface area contributed by atoms with Crippen molar-refractivity contribution < 1.29 is 9.53 Å². The number of pyridine rings is 2. The highest BCUT2D eigenvalue weighted by Gasteiger charge is 2.71. The maximum Gasteiger partial charge on any atom is 0.412 e. The van der Waals surface area contributed by atoms with E-state index in [2.05, 4.69) is 57.9 Å². The Kier molecular flexibility index (Phi) is 6.83. The zero-order chi connectivity index (χ0) is 32.4. The normalized spacial score (nSPS) is 19.9. The second-order valence-corrected chi connectivity index (χ2v) is 14.1. The van der Waals surface area contributed by atoms with E-state index in [0.29, 0.717) is 67.4 Å².